The van der Waals surface area contributed by atoms with Gasteiger partial charge in [0, 0.05) is 31.7 Å². The van der Waals surface area contributed by atoms with Crippen LogP contribution in [0.15, 0.2) is 47.5 Å². The Kier molecular flexibility index (Phi) is 6.30. The van der Waals surface area contributed by atoms with E-state index in [4.69, 9.17) is 0 Å². The number of fused-ring (bicyclic) bond motifs is 1. The van der Waals surface area contributed by atoms with Crippen molar-refractivity contribution in [1.29, 1.82) is 0 Å². The van der Waals surface area contributed by atoms with Gasteiger partial charge in [-0.15, -0.1) is 0 Å². The zero-order chi connectivity index (χ0) is 22.7. The van der Waals surface area contributed by atoms with E-state index in [-0.39, 0.29) is 36.3 Å². The maximum atomic E-state index is 12.8. The van der Waals surface area contributed by atoms with Crippen LogP contribution in [0.4, 0.5) is 5.82 Å². The first-order valence-electron chi connectivity index (χ1n) is 10.9. The van der Waals surface area contributed by atoms with E-state index in [0.717, 1.165) is 24.1 Å². The maximum Gasteiger partial charge on any atom is 0.261 e. The van der Waals surface area contributed by atoms with E-state index in [0.29, 0.717) is 29.8 Å². The largest absolute Gasteiger partial charge is 0.342 e. The Morgan fingerprint density at radius 2 is 1.97 bits per heavy atom. The van der Waals surface area contributed by atoms with Crippen molar-refractivity contribution in [2.24, 2.45) is 5.92 Å². The van der Waals surface area contributed by atoms with Gasteiger partial charge in [0.2, 0.25) is 11.8 Å². The molecule has 1 fully saturated rings. The number of anilines is 1. The minimum atomic E-state index is -0.275. The number of piperidine rings is 1. The van der Waals surface area contributed by atoms with Gasteiger partial charge >= 0.3 is 0 Å². The molecule has 1 aliphatic heterocycles. The number of aryl methyl sites for hydroxylation is 3. The van der Waals surface area contributed by atoms with Crippen molar-refractivity contribution < 1.29 is 9.59 Å². The zero-order valence-electron chi connectivity index (χ0n) is 18.4. The Morgan fingerprint density at radius 3 is 2.78 bits per heavy atom. The zero-order valence-corrected chi connectivity index (χ0v) is 18.4. The summed E-state index contributed by atoms with van der Waals surface area (Å²) in [5.74, 6) is 0.0678. The van der Waals surface area contributed by atoms with Crippen molar-refractivity contribution in [1.82, 2.24) is 19.4 Å². The summed E-state index contributed by atoms with van der Waals surface area (Å²) in [6.07, 6.45) is 3.19. The van der Waals surface area contributed by atoms with Gasteiger partial charge < -0.3 is 10.2 Å². The normalized spacial score (nSPS) is 16.2. The van der Waals surface area contributed by atoms with E-state index < -0.39 is 0 Å². The number of carbonyl (C=O) groups is 2. The third-order valence-corrected chi connectivity index (χ3v) is 5.91. The van der Waals surface area contributed by atoms with Crippen LogP contribution >= 0.6 is 0 Å². The van der Waals surface area contributed by atoms with Gasteiger partial charge in [-0.1, -0.05) is 18.2 Å². The molecule has 1 aromatic carbocycles. The number of rotatable bonds is 5. The number of pyridine rings is 1. The average Bonchev–Trinajstić information content (AvgIpc) is 2.79. The van der Waals surface area contributed by atoms with Crippen LogP contribution in [0.3, 0.4) is 0 Å². The molecule has 1 unspecified atom stereocenters. The number of nitrogens with zero attached hydrogens (tertiary/aromatic N) is 4. The topological polar surface area (TPSA) is 97.2 Å². The Balaban J connectivity index is 1.37. The average molecular weight is 434 g/mol. The summed E-state index contributed by atoms with van der Waals surface area (Å²) in [6.45, 7) is 5.04. The molecular formula is C24H27N5O3. The van der Waals surface area contributed by atoms with Crippen molar-refractivity contribution in [2.45, 2.75) is 39.7 Å². The van der Waals surface area contributed by atoms with Crippen LogP contribution in [0.2, 0.25) is 0 Å². The van der Waals surface area contributed by atoms with E-state index in [1.807, 2.05) is 38.1 Å². The number of hydrogen-bond acceptors (Lipinski definition) is 5. The highest BCUT2D eigenvalue weighted by Gasteiger charge is 2.28. The summed E-state index contributed by atoms with van der Waals surface area (Å²) < 4.78 is 1.48. The van der Waals surface area contributed by atoms with Crippen molar-refractivity contribution >= 4 is 28.5 Å². The van der Waals surface area contributed by atoms with Crippen molar-refractivity contribution in [3.05, 3.63) is 64.3 Å². The highest BCUT2D eigenvalue weighted by Crippen LogP contribution is 2.19. The summed E-state index contributed by atoms with van der Waals surface area (Å²) in [5, 5.41) is 3.41. The van der Waals surface area contributed by atoms with Crippen molar-refractivity contribution in [2.75, 3.05) is 18.4 Å². The molecule has 3 aromatic rings. The second-order valence-electron chi connectivity index (χ2n) is 8.30. The van der Waals surface area contributed by atoms with Crippen LogP contribution in [-0.2, 0) is 16.1 Å². The molecular weight excluding hydrogens is 406 g/mol. The molecule has 32 heavy (non-hydrogen) atoms. The number of hydrogen-bond donors (Lipinski definition) is 1. The van der Waals surface area contributed by atoms with Gasteiger partial charge in [0.25, 0.3) is 5.56 Å². The van der Waals surface area contributed by atoms with Crippen LogP contribution in [0.1, 0.15) is 30.5 Å². The molecule has 0 radical (unpaired) electrons. The number of carbonyl (C=O) groups excluding carboxylic acids is 2. The summed E-state index contributed by atoms with van der Waals surface area (Å²) in [5.41, 5.74) is 2.32. The first-order valence-corrected chi connectivity index (χ1v) is 10.9. The fraction of sp³-hybridized carbons (Fsp3) is 0.375. The highest BCUT2D eigenvalue weighted by molar-refractivity contribution is 5.92. The predicted molar refractivity (Wildman–Crippen MR) is 122 cm³/mol. The smallest absolute Gasteiger partial charge is 0.261 e. The third-order valence-electron chi connectivity index (χ3n) is 5.91. The number of para-hydroxylation sites is 1. The molecule has 1 N–H and O–H groups in total. The van der Waals surface area contributed by atoms with E-state index in [1.54, 1.807) is 17.0 Å². The lowest BCUT2D eigenvalue weighted by atomic mass is 9.97. The highest BCUT2D eigenvalue weighted by atomic mass is 16.2. The molecule has 0 spiro atoms. The molecule has 2 amide bonds. The van der Waals surface area contributed by atoms with E-state index in [2.05, 4.69) is 15.3 Å². The lowest BCUT2D eigenvalue weighted by Gasteiger charge is -2.32. The van der Waals surface area contributed by atoms with Crippen molar-refractivity contribution in [3.63, 3.8) is 0 Å². The molecule has 2 aromatic heterocycles. The number of aromatic nitrogens is 3. The third kappa shape index (κ3) is 4.69. The Labute approximate surface area is 186 Å². The quantitative estimate of drug-likeness (QED) is 0.667. The van der Waals surface area contributed by atoms with Crippen LogP contribution in [-0.4, -0.2) is 44.3 Å². The molecule has 1 aliphatic rings. The predicted octanol–water partition coefficient (Wildman–Crippen LogP) is 2.68. The van der Waals surface area contributed by atoms with Crippen LogP contribution in [0.5, 0.6) is 0 Å². The van der Waals surface area contributed by atoms with E-state index >= 15 is 0 Å². The number of likely N-dealkylation sites (tertiary alicyclic amines) is 1. The second kappa shape index (κ2) is 9.30. The van der Waals surface area contributed by atoms with Gasteiger partial charge in [0.15, 0.2) is 0 Å². The molecule has 3 heterocycles. The van der Waals surface area contributed by atoms with Gasteiger partial charge in [-0.2, -0.15) is 0 Å². The fourth-order valence-electron chi connectivity index (χ4n) is 4.13. The molecule has 0 saturated carbocycles. The van der Waals surface area contributed by atoms with E-state index in [1.165, 1.54) is 10.9 Å². The SMILES string of the molecule is Cc1cccc(NC(=O)C2CCCN(C(=O)CCn3cnc4c(C)cccc4c3=O)C2)n1. The minimum absolute atomic E-state index is 0.0626. The molecule has 166 valence electrons. The molecule has 0 bridgehead atoms. The van der Waals surface area contributed by atoms with Crippen LogP contribution in [0.25, 0.3) is 10.9 Å². The molecule has 1 atom stereocenters. The number of benzene rings is 1. The molecule has 1 saturated heterocycles. The Morgan fingerprint density at radius 1 is 1.16 bits per heavy atom. The van der Waals surface area contributed by atoms with Crippen LogP contribution in [0, 0.1) is 19.8 Å². The van der Waals surface area contributed by atoms with Crippen LogP contribution < -0.4 is 10.9 Å². The summed E-state index contributed by atoms with van der Waals surface area (Å²) in [6, 6.07) is 11.0. The van der Waals surface area contributed by atoms with Gasteiger partial charge in [-0.3, -0.25) is 19.0 Å². The lowest BCUT2D eigenvalue weighted by Crippen LogP contribution is -2.44. The van der Waals surface area contributed by atoms with Gasteiger partial charge in [-0.05, 0) is 50.5 Å². The van der Waals surface area contributed by atoms with Gasteiger partial charge in [0.1, 0.15) is 5.82 Å². The number of nitrogens with one attached hydrogen (secondary N) is 1. The summed E-state index contributed by atoms with van der Waals surface area (Å²) in [4.78, 5) is 48.7. The first-order chi connectivity index (χ1) is 15.4. The standard InChI is InChI=1S/C24H27N5O3/c1-16-6-3-9-19-22(16)25-15-29(24(19)32)13-11-21(30)28-12-5-8-18(14-28)23(31)27-20-10-4-7-17(2)26-20/h3-4,6-7,9-10,15,18H,5,8,11-14H2,1-2H3,(H,26,27,31). The lowest BCUT2D eigenvalue weighted by molar-refractivity contribution is -0.134. The maximum absolute atomic E-state index is 12.8. The Hall–Kier alpha value is -3.55. The molecule has 4 rings (SSSR count). The summed E-state index contributed by atoms with van der Waals surface area (Å²) in [7, 11) is 0. The van der Waals surface area contributed by atoms with Gasteiger partial charge in [0.05, 0.1) is 23.1 Å². The van der Waals surface area contributed by atoms with E-state index in [9.17, 15) is 14.4 Å². The fourth-order valence-corrected chi connectivity index (χ4v) is 4.13. The summed E-state index contributed by atoms with van der Waals surface area (Å²) >= 11 is 0. The van der Waals surface area contributed by atoms with Crippen molar-refractivity contribution in [3.8, 4) is 0 Å². The second-order valence-corrected chi connectivity index (χ2v) is 8.30. The molecule has 0 aliphatic carbocycles. The van der Waals surface area contributed by atoms with Gasteiger partial charge in [-0.25, -0.2) is 9.97 Å². The number of amides is 2. The Bertz CT molecular complexity index is 1220. The molecule has 8 heteroatoms. The monoisotopic (exact) mass is 433 g/mol. The molecule has 8 nitrogen and oxygen atoms in total. The first kappa shape index (κ1) is 21.7. The minimum Gasteiger partial charge on any atom is -0.342 e.